The summed E-state index contributed by atoms with van der Waals surface area (Å²) in [6, 6.07) is 18.0. The van der Waals surface area contributed by atoms with Crippen molar-refractivity contribution in [3.63, 3.8) is 0 Å². The Bertz CT molecular complexity index is 1520. The Morgan fingerprint density at radius 2 is 1.79 bits per heavy atom. The van der Waals surface area contributed by atoms with Crippen LogP contribution in [0.1, 0.15) is 6.42 Å². The molecule has 4 heterocycles. The van der Waals surface area contributed by atoms with Gasteiger partial charge in [-0.3, -0.25) is 4.79 Å². The number of hydrogen-bond donors (Lipinski definition) is 2. The second-order valence-electron chi connectivity index (χ2n) is 8.63. The van der Waals surface area contributed by atoms with Gasteiger partial charge in [-0.25, -0.2) is 4.98 Å². The predicted molar refractivity (Wildman–Crippen MR) is 137 cm³/mol. The number of quaternary nitrogens is 1. The van der Waals surface area contributed by atoms with E-state index in [4.69, 9.17) is 14.8 Å². The summed E-state index contributed by atoms with van der Waals surface area (Å²) in [7, 11) is 0. The first-order valence-corrected chi connectivity index (χ1v) is 12.6. The first-order chi connectivity index (χ1) is 16.8. The maximum Gasteiger partial charge on any atom is 0.283 e. The van der Waals surface area contributed by atoms with Crippen LogP contribution in [0.5, 0.6) is 0 Å². The van der Waals surface area contributed by atoms with E-state index in [9.17, 15) is 4.79 Å². The molecule has 8 heteroatoms. The predicted octanol–water partition coefficient (Wildman–Crippen LogP) is 2.84. The maximum absolute atomic E-state index is 13.7. The zero-order valence-corrected chi connectivity index (χ0v) is 19.6. The molecule has 34 heavy (non-hydrogen) atoms. The first kappa shape index (κ1) is 21.2. The Kier molecular flexibility index (Phi) is 5.70. The molecular weight excluding hydrogens is 446 g/mol. The second kappa shape index (κ2) is 9.13. The van der Waals surface area contributed by atoms with Gasteiger partial charge in [0.15, 0.2) is 11.5 Å². The number of nitrogens with zero attached hydrogens (tertiary/aromatic N) is 3. The van der Waals surface area contributed by atoms with E-state index in [1.165, 1.54) is 15.9 Å². The quantitative estimate of drug-likeness (QED) is 0.294. The third-order valence-electron chi connectivity index (χ3n) is 6.49. The molecule has 0 atom stereocenters. The highest BCUT2D eigenvalue weighted by Crippen LogP contribution is 2.32. The van der Waals surface area contributed by atoms with Gasteiger partial charge in [-0.1, -0.05) is 54.6 Å². The maximum atomic E-state index is 13.7. The third kappa shape index (κ3) is 3.83. The van der Waals surface area contributed by atoms with Gasteiger partial charge in [0.2, 0.25) is 0 Å². The molecule has 1 fully saturated rings. The smallest absolute Gasteiger partial charge is 0.283 e. The summed E-state index contributed by atoms with van der Waals surface area (Å²) >= 11 is 1.50. The fourth-order valence-corrected chi connectivity index (χ4v) is 5.64. The van der Waals surface area contributed by atoms with Gasteiger partial charge < -0.3 is 15.0 Å². The number of anilines is 1. The molecule has 0 bridgehead atoms. The number of morpholine rings is 1. The van der Waals surface area contributed by atoms with Gasteiger partial charge in [0.05, 0.1) is 25.1 Å². The fraction of sp³-hybridized carbons (Fsp3) is 0.269. The Balaban J connectivity index is 1.40. The second-order valence-corrected chi connectivity index (χ2v) is 9.49. The molecule has 2 N–H and O–H groups in total. The van der Waals surface area contributed by atoms with Crippen molar-refractivity contribution in [3.05, 3.63) is 70.3 Å². The van der Waals surface area contributed by atoms with Crippen molar-refractivity contribution in [3.8, 4) is 11.1 Å². The Morgan fingerprint density at radius 3 is 2.62 bits per heavy atom. The van der Waals surface area contributed by atoms with E-state index < -0.39 is 0 Å². The molecule has 0 aliphatic carbocycles. The Hall–Kier alpha value is -3.33. The van der Waals surface area contributed by atoms with Crippen molar-refractivity contribution >= 4 is 43.8 Å². The summed E-state index contributed by atoms with van der Waals surface area (Å²) in [6.07, 6.45) is 1.03. The molecule has 0 unspecified atom stereocenters. The highest BCUT2D eigenvalue weighted by molar-refractivity contribution is 7.17. The van der Waals surface area contributed by atoms with Crippen LogP contribution in [0.4, 0.5) is 5.82 Å². The molecular formula is C26H26N5O2S+. The lowest BCUT2D eigenvalue weighted by Crippen LogP contribution is -3.14. The molecule has 172 valence electrons. The molecule has 1 aliphatic rings. The minimum atomic E-state index is -0.133. The number of rotatable bonds is 6. The molecule has 5 aromatic rings. The number of ether oxygens (including phenoxy) is 1. The number of fused-ring (bicyclic) bond motifs is 4. The molecule has 0 amide bonds. The molecule has 0 spiro atoms. The average Bonchev–Trinajstić information content (AvgIpc) is 3.33. The molecule has 3 aromatic heterocycles. The monoisotopic (exact) mass is 472 g/mol. The van der Waals surface area contributed by atoms with E-state index in [-0.39, 0.29) is 5.56 Å². The van der Waals surface area contributed by atoms with Gasteiger partial charge in [0, 0.05) is 34.7 Å². The Morgan fingerprint density at radius 1 is 1.03 bits per heavy atom. The first-order valence-electron chi connectivity index (χ1n) is 11.7. The van der Waals surface area contributed by atoms with Crippen LogP contribution in [-0.4, -0.2) is 54.0 Å². The minimum Gasteiger partial charge on any atom is -0.370 e. The minimum absolute atomic E-state index is 0.133. The number of thiophene rings is 1. The zero-order valence-electron chi connectivity index (χ0n) is 18.8. The van der Waals surface area contributed by atoms with Gasteiger partial charge in [-0.15, -0.1) is 16.4 Å². The average molecular weight is 473 g/mol. The van der Waals surface area contributed by atoms with E-state index in [0.29, 0.717) is 11.0 Å². The van der Waals surface area contributed by atoms with Crippen LogP contribution in [-0.2, 0) is 4.74 Å². The van der Waals surface area contributed by atoms with Crippen LogP contribution < -0.4 is 15.8 Å². The zero-order chi connectivity index (χ0) is 22.9. The highest BCUT2D eigenvalue weighted by atomic mass is 32.1. The molecule has 7 nitrogen and oxygen atoms in total. The number of aromatic nitrogens is 3. The van der Waals surface area contributed by atoms with Gasteiger partial charge in [0.1, 0.15) is 17.9 Å². The van der Waals surface area contributed by atoms with Crippen LogP contribution in [0.15, 0.2) is 64.8 Å². The number of hydrogen-bond acceptors (Lipinski definition) is 6. The standard InChI is InChI=1S/C26H25N5O2S/c32-26-22-21(18-7-2-1-3-8-18)17-34-25(22)28-24-20-10-5-4-9-19(20)23(29-31(24)26)27-11-6-12-30-13-15-33-16-14-30/h1-5,7-10,17H,6,11-16H2,(H,27,29)/p+1. The van der Waals surface area contributed by atoms with Crippen LogP contribution in [0.3, 0.4) is 0 Å². The number of nitrogens with one attached hydrogen (secondary N) is 2. The van der Waals surface area contributed by atoms with E-state index in [1.54, 1.807) is 4.90 Å². The molecule has 1 saturated heterocycles. The molecule has 1 aliphatic heterocycles. The third-order valence-corrected chi connectivity index (χ3v) is 7.37. The molecule has 0 saturated carbocycles. The van der Waals surface area contributed by atoms with Crippen molar-refractivity contribution in [2.75, 3.05) is 44.7 Å². The summed E-state index contributed by atoms with van der Waals surface area (Å²) in [4.78, 5) is 20.9. The topological polar surface area (TPSA) is 73.0 Å². The van der Waals surface area contributed by atoms with Crippen molar-refractivity contribution in [1.82, 2.24) is 14.6 Å². The molecule has 6 rings (SSSR count). The largest absolute Gasteiger partial charge is 0.370 e. The normalized spacial score (nSPS) is 14.8. The van der Waals surface area contributed by atoms with E-state index in [2.05, 4.69) is 5.32 Å². The van der Waals surface area contributed by atoms with Gasteiger partial charge in [-0.05, 0) is 5.56 Å². The summed E-state index contributed by atoms with van der Waals surface area (Å²) in [5, 5.41) is 12.8. The van der Waals surface area contributed by atoms with Crippen LogP contribution >= 0.6 is 11.3 Å². The van der Waals surface area contributed by atoms with Crippen molar-refractivity contribution in [2.24, 2.45) is 0 Å². The van der Waals surface area contributed by atoms with Crippen molar-refractivity contribution < 1.29 is 9.64 Å². The van der Waals surface area contributed by atoms with Crippen LogP contribution in [0, 0.1) is 0 Å². The summed E-state index contributed by atoms with van der Waals surface area (Å²) in [5.41, 5.74) is 2.38. The number of benzene rings is 2. The van der Waals surface area contributed by atoms with E-state index in [1.807, 2.05) is 60.0 Å². The summed E-state index contributed by atoms with van der Waals surface area (Å²) in [6.45, 7) is 5.72. The van der Waals surface area contributed by atoms with Gasteiger partial charge in [0.25, 0.3) is 5.56 Å². The lowest BCUT2D eigenvalue weighted by molar-refractivity contribution is -0.908. The van der Waals surface area contributed by atoms with E-state index in [0.717, 1.165) is 78.4 Å². The fourth-order valence-electron chi connectivity index (χ4n) is 4.70. The summed E-state index contributed by atoms with van der Waals surface area (Å²) < 4.78 is 6.92. The lowest BCUT2D eigenvalue weighted by atomic mass is 10.1. The van der Waals surface area contributed by atoms with Crippen molar-refractivity contribution in [1.29, 1.82) is 0 Å². The lowest BCUT2D eigenvalue weighted by Gasteiger charge is -2.23. The van der Waals surface area contributed by atoms with Crippen LogP contribution in [0.25, 0.3) is 37.8 Å². The SMILES string of the molecule is O=c1c2c(-c3ccccc3)csc2nc2c3ccccc3c(NCCC[NH+]3CCOCC3)nn12. The summed E-state index contributed by atoms with van der Waals surface area (Å²) in [5.74, 6) is 0.722. The molecule has 0 radical (unpaired) electrons. The van der Waals surface area contributed by atoms with Gasteiger partial charge >= 0.3 is 0 Å². The Labute approximate surface area is 200 Å². The highest BCUT2D eigenvalue weighted by Gasteiger charge is 2.18. The molecule has 2 aromatic carbocycles. The van der Waals surface area contributed by atoms with Gasteiger partial charge in [-0.2, -0.15) is 4.52 Å². The van der Waals surface area contributed by atoms with E-state index >= 15 is 0 Å². The van der Waals surface area contributed by atoms with Crippen molar-refractivity contribution in [2.45, 2.75) is 6.42 Å². The van der Waals surface area contributed by atoms with Crippen LogP contribution in [0.2, 0.25) is 0 Å².